The summed E-state index contributed by atoms with van der Waals surface area (Å²) in [5, 5.41) is -0.0128. The summed E-state index contributed by atoms with van der Waals surface area (Å²) in [7, 11) is -5.68. The van der Waals surface area contributed by atoms with E-state index in [-0.39, 0.29) is 5.02 Å². The van der Waals surface area contributed by atoms with Gasteiger partial charge in [-0.15, -0.1) is 0 Å². The zero-order valence-corrected chi connectivity index (χ0v) is 8.37. The van der Waals surface area contributed by atoms with Crippen molar-refractivity contribution >= 4 is 21.7 Å². The van der Waals surface area contributed by atoms with Crippen LogP contribution in [-0.4, -0.2) is 13.9 Å². The van der Waals surface area contributed by atoms with E-state index in [1.807, 2.05) is 6.07 Å². The zero-order valence-electron chi connectivity index (χ0n) is 6.80. The summed E-state index contributed by atoms with van der Waals surface area (Å²) < 4.78 is 60.3. The molecule has 0 heterocycles. The molecule has 1 aromatic rings. The van der Waals surface area contributed by atoms with E-state index in [1.165, 1.54) is 6.07 Å². The second-order valence-corrected chi connectivity index (χ2v) is 4.26. The maximum absolute atomic E-state index is 11.8. The van der Waals surface area contributed by atoms with Crippen LogP contribution in [0.15, 0.2) is 12.1 Å². The monoisotopic (exact) mass is 258 g/mol. The van der Waals surface area contributed by atoms with Crippen LogP contribution in [0.25, 0.3) is 0 Å². The molecule has 0 saturated carbocycles. The fourth-order valence-electron chi connectivity index (χ4n) is 0.589. The molecular formula is C7H2ClF3O3S. The molecule has 0 spiro atoms. The third-order valence-corrected chi connectivity index (χ3v) is 2.34. The van der Waals surface area contributed by atoms with Gasteiger partial charge in [-0.1, -0.05) is 17.7 Å². The van der Waals surface area contributed by atoms with E-state index >= 15 is 0 Å². The summed E-state index contributed by atoms with van der Waals surface area (Å²) in [5.41, 5.74) is -5.48. The summed E-state index contributed by atoms with van der Waals surface area (Å²) in [6.45, 7) is 0. The van der Waals surface area contributed by atoms with Gasteiger partial charge in [-0.3, -0.25) is 0 Å². The molecule has 0 fully saturated rings. The molecule has 3 nitrogen and oxygen atoms in total. The van der Waals surface area contributed by atoms with E-state index < -0.39 is 21.4 Å². The number of alkyl halides is 3. The van der Waals surface area contributed by atoms with Crippen LogP contribution in [0.1, 0.15) is 0 Å². The lowest BCUT2D eigenvalue weighted by atomic mass is 10.4. The highest BCUT2D eigenvalue weighted by atomic mass is 35.5. The minimum absolute atomic E-state index is 0.0128. The first-order valence-electron chi connectivity index (χ1n) is 3.32. The van der Waals surface area contributed by atoms with Crippen molar-refractivity contribution in [3.05, 3.63) is 29.3 Å². The molecule has 0 amide bonds. The van der Waals surface area contributed by atoms with Crippen LogP contribution in [0.5, 0.6) is 5.75 Å². The van der Waals surface area contributed by atoms with Gasteiger partial charge >= 0.3 is 15.6 Å². The van der Waals surface area contributed by atoms with Gasteiger partial charge in [0.25, 0.3) is 0 Å². The molecular weight excluding hydrogens is 257 g/mol. The SMILES string of the molecule is O=S(=O)(Oc1c#ccc(Cl)c1)C(F)(F)F. The summed E-state index contributed by atoms with van der Waals surface area (Å²) in [5.74, 6) is -0.667. The Balaban J connectivity index is 2.98. The molecule has 15 heavy (non-hydrogen) atoms. The van der Waals surface area contributed by atoms with Gasteiger partial charge in [-0.25, -0.2) is 0 Å². The average Bonchev–Trinajstić information content (AvgIpc) is 2.00. The standard InChI is InChI=1S/C7H2ClF3O3S/c8-5-2-1-3-6(4-5)14-15(12,13)7(9,10)11/h2,4H. The zero-order chi connectivity index (χ0) is 11.7. The van der Waals surface area contributed by atoms with Crippen LogP contribution in [0.3, 0.4) is 0 Å². The lowest BCUT2D eigenvalue weighted by molar-refractivity contribution is -0.0500. The predicted molar refractivity (Wildman–Crippen MR) is 44.7 cm³/mol. The molecule has 0 N–H and O–H groups in total. The summed E-state index contributed by atoms with van der Waals surface area (Å²) >= 11 is 5.38. The molecule has 0 saturated heterocycles. The quantitative estimate of drug-likeness (QED) is 0.603. The van der Waals surface area contributed by atoms with E-state index in [0.29, 0.717) is 0 Å². The Morgan fingerprint density at radius 2 is 2.00 bits per heavy atom. The summed E-state index contributed by atoms with van der Waals surface area (Å²) in [6.07, 6.45) is 0. The van der Waals surface area contributed by atoms with Gasteiger partial charge in [-0.05, 0) is 6.07 Å². The second kappa shape index (κ2) is 3.79. The van der Waals surface area contributed by atoms with E-state index in [0.717, 1.165) is 6.07 Å². The molecule has 0 radical (unpaired) electrons. The molecule has 0 aliphatic carbocycles. The van der Waals surface area contributed by atoms with Crippen LogP contribution < -0.4 is 4.18 Å². The molecule has 0 aliphatic heterocycles. The normalized spacial score (nSPS) is 12.0. The largest absolute Gasteiger partial charge is 0.534 e. The first kappa shape index (κ1) is 11.9. The van der Waals surface area contributed by atoms with Gasteiger partial charge in [0.2, 0.25) is 0 Å². The fourth-order valence-corrected chi connectivity index (χ4v) is 1.16. The lowest BCUT2D eigenvalue weighted by Crippen LogP contribution is -2.27. The van der Waals surface area contributed by atoms with Crippen molar-refractivity contribution in [2.75, 3.05) is 0 Å². The van der Waals surface area contributed by atoms with Crippen LogP contribution in [0.2, 0.25) is 5.02 Å². The minimum atomic E-state index is -5.68. The van der Waals surface area contributed by atoms with Crippen molar-refractivity contribution in [1.82, 2.24) is 0 Å². The van der Waals surface area contributed by atoms with Gasteiger partial charge in [0.1, 0.15) is 0 Å². The van der Waals surface area contributed by atoms with E-state index in [4.69, 9.17) is 11.6 Å². The molecule has 0 aromatic heterocycles. The highest BCUT2D eigenvalue weighted by molar-refractivity contribution is 7.87. The van der Waals surface area contributed by atoms with Crippen molar-refractivity contribution < 1.29 is 25.8 Å². The minimum Gasteiger partial charge on any atom is -0.367 e. The maximum atomic E-state index is 11.8. The topological polar surface area (TPSA) is 43.4 Å². The molecule has 0 atom stereocenters. The number of hydrogen-bond donors (Lipinski definition) is 0. The van der Waals surface area contributed by atoms with Crippen molar-refractivity contribution in [1.29, 1.82) is 0 Å². The fraction of sp³-hybridized carbons (Fsp3) is 0.143. The predicted octanol–water partition coefficient (Wildman–Crippen LogP) is 2.17. The van der Waals surface area contributed by atoms with Gasteiger partial charge in [0, 0.05) is 12.1 Å². The van der Waals surface area contributed by atoms with Gasteiger partial charge < -0.3 is 4.18 Å². The Labute approximate surface area is 88.5 Å². The smallest absolute Gasteiger partial charge is 0.367 e. The molecule has 82 valence electrons. The average molecular weight is 259 g/mol. The Morgan fingerprint density at radius 3 is 2.47 bits per heavy atom. The first-order valence-corrected chi connectivity index (χ1v) is 5.11. The number of halogens is 4. The highest BCUT2D eigenvalue weighted by Crippen LogP contribution is 2.26. The van der Waals surface area contributed by atoms with Crippen molar-refractivity contribution in [2.45, 2.75) is 5.51 Å². The third-order valence-electron chi connectivity index (χ3n) is 1.16. The van der Waals surface area contributed by atoms with Crippen LogP contribution in [0, 0.1) is 12.1 Å². The van der Waals surface area contributed by atoms with Gasteiger partial charge in [0.05, 0.1) is 5.02 Å². The number of hydrogen-bond acceptors (Lipinski definition) is 3. The van der Waals surface area contributed by atoms with E-state index in [1.54, 1.807) is 0 Å². The summed E-state index contributed by atoms with van der Waals surface area (Å²) in [6, 6.07) is 6.28. The number of rotatable bonds is 2. The molecule has 0 unspecified atom stereocenters. The van der Waals surface area contributed by atoms with E-state index in [9.17, 15) is 21.6 Å². The maximum Gasteiger partial charge on any atom is 0.534 e. The lowest BCUT2D eigenvalue weighted by Gasteiger charge is -2.07. The van der Waals surface area contributed by atoms with E-state index in [2.05, 4.69) is 10.2 Å². The molecule has 0 bridgehead atoms. The van der Waals surface area contributed by atoms with Crippen molar-refractivity contribution in [3.8, 4) is 5.75 Å². The molecule has 1 rings (SSSR count). The Kier molecular flexibility index (Phi) is 3.02. The Bertz CT molecular complexity index is 455. The third kappa shape index (κ3) is 2.91. The second-order valence-electron chi connectivity index (χ2n) is 2.29. The van der Waals surface area contributed by atoms with Gasteiger partial charge in [0.15, 0.2) is 5.75 Å². The van der Waals surface area contributed by atoms with Crippen LogP contribution >= 0.6 is 11.6 Å². The summed E-state index contributed by atoms with van der Waals surface area (Å²) in [4.78, 5) is 0. The van der Waals surface area contributed by atoms with Gasteiger partial charge in [-0.2, -0.15) is 21.6 Å². The highest BCUT2D eigenvalue weighted by Gasteiger charge is 2.48. The van der Waals surface area contributed by atoms with Crippen LogP contribution in [0.4, 0.5) is 13.2 Å². The first-order chi connectivity index (χ1) is 6.72. The van der Waals surface area contributed by atoms with Crippen molar-refractivity contribution in [2.24, 2.45) is 0 Å². The molecule has 0 aliphatic rings. The Morgan fingerprint density at radius 1 is 1.40 bits per heavy atom. The van der Waals surface area contributed by atoms with Crippen LogP contribution in [-0.2, 0) is 10.1 Å². The molecule has 1 aromatic carbocycles. The Hall–Kier alpha value is -1.13. The van der Waals surface area contributed by atoms with Crippen molar-refractivity contribution in [3.63, 3.8) is 0 Å². The molecule has 8 heteroatoms.